The average Bonchev–Trinajstić information content (AvgIpc) is 3.22. The number of rotatable bonds is 6. The van der Waals surface area contributed by atoms with Gasteiger partial charge in [0.15, 0.2) is 5.65 Å². The zero-order valence-corrected chi connectivity index (χ0v) is 19.0. The van der Waals surface area contributed by atoms with Gasteiger partial charge in [-0.1, -0.05) is 0 Å². The number of primary amides is 1. The molecule has 3 aromatic rings. The van der Waals surface area contributed by atoms with Gasteiger partial charge >= 0.3 is 6.09 Å². The maximum Gasteiger partial charge on any atom is 0.404 e. The van der Waals surface area contributed by atoms with Crippen LogP contribution in [0, 0.1) is 11.3 Å². The van der Waals surface area contributed by atoms with E-state index >= 15 is 0 Å². The molecular formula is C23H26N8O3. The van der Waals surface area contributed by atoms with Crippen molar-refractivity contribution < 1.29 is 14.3 Å². The van der Waals surface area contributed by atoms with E-state index in [1.54, 1.807) is 29.0 Å². The van der Waals surface area contributed by atoms with Gasteiger partial charge in [0, 0.05) is 24.3 Å². The largest absolute Gasteiger partial charge is 0.446 e. The number of carbonyl (C=O) groups excluding carboxylic acids is 2. The molecule has 0 saturated heterocycles. The van der Waals surface area contributed by atoms with Crippen LogP contribution >= 0.6 is 0 Å². The van der Waals surface area contributed by atoms with Crippen LogP contribution in [0.3, 0.4) is 0 Å². The van der Waals surface area contributed by atoms with E-state index in [0.29, 0.717) is 59.5 Å². The summed E-state index contributed by atoms with van der Waals surface area (Å²) in [7, 11) is 0. The molecular weight excluding hydrogens is 436 g/mol. The van der Waals surface area contributed by atoms with E-state index in [-0.39, 0.29) is 24.1 Å². The summed E-state index contributed by atoms with van der Waals surface area (Å²) in [6.45, 7) is 3.97. The topological polar surface area (TPSA) is 160 Å². The summed E-state index contributed by atoms with van der Waals surface area (Å²) < 4.78 is 6.67. The lowest BCUT2D eigenvalue weighted by Gasteiger charge is -2.28. The van der Waals surface area contributed by atoms with Crippen molar-refractivity contribution >= 4 is 23.3 Å². The fourth-order valence-corrected chi connectivity index (χ4v) is 4.07. The molecule has 0 bridgehead atoms. The van der Waals surface area contributed by atoms with Crippen LogP contribution in [0.2, 0.25) is 0 Å². The summed E-state index contributed by atoms with van der Waals surface area (Å²) in [5, 5.41) is 19.8. The molecule has 34 heavy (non-hydrogen) atoms. The molecule has 11 nitrogen and oxygen atoms in total. The Morgan fingerprint density at radius 3 is 2.62 bits per heavy atom. The Morgan fingerprint density at radius 2 is 1.94 bits per heavy atom. The van der Waals surface area contributed by atoms with Gasteiger partial charge in [0.1, 0.15) is 17.9 Å². The number of carbonyl (C=O) groups is 2. The number of amides is 2. The van der Waals surface area contributed by atoms with Crippen LogP contribution in [-0.2, 0) is 4.74 Å². The van der Waals surface area contributed by atoms with Crippen molar-refractivity contribution in [2.45, 2.75) is 57.7 Å². The third-order valence-electron chi connectivity index (χ3n) is 5.64. The summed E-state index contributed by atoms with van der Waals surface area (Å²) in [4.78, 5) is 32.9. The standard InChI is InChI=1S/C23H26N8O3/c1-13(2)29-18-8-19(20-12-27-21-7-14(9-24)10-28-31(20)21)26-11-17(18)22(32)30-15-3-5-16(6-4-15)34-23(25)33/h7-8,10-13,15-16H,3-6H2,1-2H3,(H2,25,33)(H,26,29)(H,30,32)/t15-,16-. The number of fused-ring (bicyclic) bond motifs is 1. The predicted octanol–water partition coefficient (Wildman–Crippen LogP) is 2.62. The SMILES string of the molecule is CC(C)Nc1cc(-c2cnc3cc(C#N)cnn23)ncc1C(=O)N[C@H]1CC[C@H](OC(N)=O)CC1. The number of hydrogen-bond donors (Lipinski definition) is 3. The molecule has 3 aromatic heterocycles. The van der Waals surface area contributed by atoms with Crippen molar-refractivity contribution in [1.29, 1.82) is 5.26 Å². The zero-order valence-electron chi connectivity index (χ0n) is 19.0. The van der Waals surface area contributed by atoms with Gasteiger partial charge in [-0.25, -0.2) is 14.3 Å². The molecule has 4 rings (SSSR count). The monoisotopic (exact) mass is 462 g/mol. The first-order valence-corrected chi connectivity index (χ1v) is 11.1. The minimum atomic E-state index is -0.769. The van der Waals surface area contributed by atoms with Crippen LogP contribution in [0.5, 0.6) is 0 Å². The van der Waals surface area contributed by atoms with Gasteiger partial charge < -0.3 is 21.1 Å². The molecule has 4 N–H and O–H groups in total. The van der Waals surface area contributed by atoms with Gasteiger partial charge in [-0.3, -0.25) is 9.78 Å². The normalized spacial score (nSPS) is 17.8. The first kappa shape index (κ1) is 23.0. The first-order chi connectivity index (χ1) is 16.3. The van der Waals surface area contributed by atoms with Crippen LogP contribution in [0.1, 0.15) is 55.5 Å². The smallest absolute Gasteiger partial charge is 0.404 e. The summed E-state index contributed by atoms with van der Waals surface area (Å²) in [5.74, 6) is -0.226. The molecule has 0 aromatic carbocycles. The lowest BCUT2D eigenvalue weighted by atomic mass is 9.92. The number of nitrogens with two attached hydrogens (primary N) is 1. The summed E-state index contributed by atoms with van der Waals surface area (Å²) in [6, 6.07) is 5.56. The molecule has 0 radical (unpaired) electrons. The number of pyridine rings is 1. The fourth-order valence-electron chi connectivity index (χ4n) is 4.07. The highest BCUT2D eigenvalue weighted by molar-refractivity contribution is 6.00. The maximum absolute atomic E-state index is 13.1. The molecule has 0 aliphatic heterocycles. The van der Waals surface area contributed by atoms with Crippen LogP contribution in [-0.4, -0.2) is 49.8 Å². The van der Waals surface area contributed by atoms with Gasteiger partial charge in [0.25, 0.3) is 5.91 Å². The number of hydrogen-bond acceptors (Lipinski definition) is 8. The van der Waals surface area contributed by atoms with Crippen molar-refractivity contribution in [3.8, 4) is 17.5 Å². The van der Waals surface area contributed by atoms with Gasteiger partial charge in [-0.05, 0) is 45.6 Å². The lowest BCUT2D eigenvalue weighted by molar-refractivity contribution is 0.0711. The van der Waals surface area contributed by atoms with Crippen molar-refractivity contribution in [3.63, 3.8) is 0 Å². The van der Waals surface area contributed by atoms with E-state index in [4.69, 9.17) is 15.7 Å². The van der Waals surface area contributed by atoms with Gasteiger partial charge in [0.2, 0.25) is 0 Å². The molecule has 176 valence electrons. The molecule has 1 saturated carbocycles. The van der Waals surface area contributed by atoms with Gasteiger partial charge in [-0.15, -0.1) is 0 Å². The number of ether oxygens (including phenoxy) is 1. The maximum atomic E-state index is 13.1. The molecule has 0 spiro atoms. The second-order valence-electron chi connectivity index (χ2n) is 8.57. The number of nitriles is 1. The van der Waals surface area contributed by atoms with Crippen molar-refractivity contribution in [3.05, 3.63) is 41.9 Å². The van der Waals surface area contributed by atoms with Crippen LogP contribution in [0.4, 0.5) is 10.5 Å². The van der Waals surface area contributed by atoms with Gasteiger partial charge in [-0.2, -0.15) is 10.4 Å². The number of imidazole rings is 1. The Morgan fingerprint density at radius 1 is 1.18 bits per heavy atom. The Hall–Kier alpha value is -4.20. The second kappa shape index (κ2) is 9.74. The minimum absolute atomic E-state index is 0.0240. The summed E-state index contributed by atoms with van der Waals surface area (Å²) in [6.07, 6.45) is 6.37. The molecule has 1 aliphatic carbocycles. The van der Waals surface area contributed by atoms with Crippen LogP contribution in [0.15, 0.2) is 30.7 Å². The Bertz CT molecular complexity index is 1250. The van der Waals surface area contributed by atoms with E-state index in [9.17, 15) is 9.59 Å². The molecule has 0 unspecified atom stereocenters. The number of anilines is 1. The highest BCUT2D eigenvalue weighted by atomic mass is 16.6. The van der Waals surface area contributed by atoms with E-state index < -0.39 is 6.09 Å². The Labute approximate surface area is 196 Å². The minimum Gasteiger partial charge on any atom is -0.446 e. The Balaban J connectivity index is 1.55. The number of nitrogens with zero attached hydrogens (tertiary/aromatic N) is 5. The van der Waals surface area contributed by atoms with Crippen molar-refractivity contribution in [2.24, 2.45) is 5.73 Å². The third-order valence-corrected chi connectivity index (χ3v) is 5.64. The third kappa shape index (κ3) is 5.06. The molecule has 11 heteroatoms. The number of nitrogens with one attached hydrogen (secondary N) is 2. The van der Waals surface area contributed by atoms with Crippen molar-refractivity contribution in [2.75, 3.05) is 5.32 Å². The van der Waals surface area contributed by atoms with E-state index in [0.717, 1.165) is 0 Å². The first-order valence-electron chi connectivity index (χ1n) is 11.1. The molecule has 3 heterocycles. The van der Waals surface area contributed by atoms with E-state index in [1.165, 1.54) is 6.20 Å². The van der Waals surface area contributed by atoms with Crippen LogP contribution in [0.25, 0.3) is 17.0 Å². The fraction of sp³-hybridized carbons (Fsp3) is 0.391. The second-order valence-corrected chi connectivity index (χ2v) is 8.57. The quantitative estimate of drug-likeness (QED) is 0.504. The summed E-state index contributed by atoms with van der Waals surface area (Å²) in [5.41, 5.74) is 8.36. The van der Waals surface area contributed by atoms with Crippen LogP contribution < -0.4 is 16.4 Å². The average molecular weight is 463 g/mol. The molecule has 1 aliphatic rings. The Kier molecular flexibility index (Phi) is 6.58. The lowest BCUT2D eigenvalue weighted by Crippen LogP contribution is -2.40. The molecule has 2 amide bonds. The van der Waals surface area contributed by atoms with E-state index in [2.05, 4.69) is 25.7 Å². The highest BCUT2D eigenvalue weighted by Crippen LogP contribution is 2.26. The zero-order chi connectivity index (χ0) is 24.2. The summed E-state index contributed by atoms with van der Waals surface area (Å²) >= 11 is 0. The molecule has 0 atom stereocenters. The highest BCUT2D eigenvalue weighted by Gasteiger charge is 2.26. The van der Waals surface area contributed by atoms with E-state index in [1.807, 2.05) is 19.9 Å². The predicted molar refractivity (Wildman–Crippen MR) is 124 cm³/mol. The van der Waals surface area contributed by atoms with Gasteiger partial charge in [0.05, 0.1) is 34.9 Å². The molecule has 1 fully saturated rings. The number of aromatic nitrogens is 4. The van der Waals surface area contributed by atoms with Crippen molar-refractivity contribution in [1.82, 2.24) is 24.9 Å².